The second-order valence-electron chi connectivity index (χ2n) is 5.12. The molecular formula is C17H17ClN2. The topological polar surface area (TPSA) is 17.8 Å². The summed E-state index contributed by atoms with van der Waals surface area (Å²) < 4.78 is 2.22. The van der Waals surface area contributed by atoms with E-state index in [4.69, 9.17) is 11.6 Å². The summed E-state index contributed by atoms with van der Waals surface area (Å²) in [6.07, 6.45) is 0. The van der Waals surface area contributed by atoms with E-state index in [0.717, 1.165) is 23.4 Å². The summed E-state index contributed by atoms with van der Waals surface area (Å²) in [6.45, 7) is 5.04. The SMILES string of the molecule is Cc1ccccc1Cn1c(CCl)nc2c(C)cccc21. The molecule has 0 bridgehead atoms. The molecule has 3 aromatic rings. The maximum Gasteiger partial charge on any atom is 0.125 e. The van der Waals surface area contributed by atoms with E-state index in [2.05, 4.69) is 65.9 Å². The zero-order valence-corrected chi connectivity index (χ0v) is 12.5. The molecule has 0 aliphatic carbocycles. The number of alkyl halides is 1. The lowest BCUT2D eigenvalue weighted by atomic mass is 10.1. The zero-order chi connectivity index (χ0) is 14.1. The summed E-state index contributed by atoms with van der Waals surface area (Å²) in [6, 6.07) is 14.7. The van der Waals surface area contributed by atoms with Crippen LogP contribution < -0.4 is 0 Å². The van der Waals surface area contributed by atoms with E-state index in [1.807, 2.05) is 0 Å². The van der Waals surface area contributed by atoms with Gasteiger partial charge in [0.2, 0.25) is 0 Å². The van der Waals surface area contributed by atoms with E-state index in [1.165, 1.54) is 16.7 Å². The van der Waals surface area contributed by atoms with E-state index < -0.39 is 0 Å². The molecule has 0 spiro atoms. The number of benzene rings is 2. The fraction of sp³-hybridized carbons (Fsp3) is 0.235. The van der Waals surface area contributed by atoms with Crippen LogP contribution in [0.5, 0.6) is 0 Å². The first-order chi connectivity index (χ1) is 9.70. The number of imidazole rings is 1. The molecule has 0 N–H and O–H groups in total. The Kier molecular flexibility index (Phi) is 3.49. The van der Waals surface area contributed by atoms with Crippen LogP contribution in [0, 0.1) is 13.8 Å². The van der Waals surface area contributed by atoms with Crippen LogP contribution in [0.1, 0.15) is 22.5 Å². The lowest BCUT2D eigenvalue weighted by molar-refractivity contribution is 0.774. The van der Waals surface area contributed by atoms with Crippen molar-refractivity contribution in [3.05, 3.63) is 65.0 Å². The summed E-state index contributed by atoms with van der Waals surface area (Å²) in [5.74, 6) is 1.36. The fourth-order valence-electron chi connectivity index (χ4n) is 2.57. The highest BCUT2D eigenvalue weighted by molar-refractivity contribution is 6.16. The minimum Gasteiger partial charge on any atom is -0.322 e. The van der Waals surface area contributed by atoms with E-state index in [1.54, 1.807) is 0 Å². The molecule has 1 heterocycles. The van der Waals surface area contributed by atoms with Crippen LogP contribution in [0.4, 0.5) is 0 Å². The first-order valence-corrected chi connectivity index (χ1v) is 7.29. The van der Waals surface area contributed by atoms with Crippen LogP contribution in [0.3, 0.4) is 0 Å². The lowest BCUT2D eigenvalue weighted by Crippen LogP contribution is -2.05. The summed E-state index contributed by atoms with van der Waals surface area (Å²) in [7, 11) is 0. The van der Waals surface area contributed by atoms with Gasteiger partial charge in [-0.25, -0.2) is 4.98 Å². The monoisotopic (exact) mass is 284 g/mol. The van der Waals surface area contributed by atoms with Gasteiger partial charge in [-0.1, -0.05) is 36.4 Å². The number of hydrogen-bond donors (Lipinski definition) is 0. The van der Waals surface area contributed by atoms with Crippen molar-refractivity contribution in [2.45, 2.75) is 26.3 Å². The minimum atomic E-state index is 0.431. The number of hydrogen-bond acceptors (Lipinski definition) is 1. The predicted molar refractivity (Wildman–Crippen MR) is 84.3 cm³/mol. The van der Waals surface area contributed by atoms with Crippen molar-refractivity contribution in [2.24, 2.45) is 0 Å². The van der Waals surface area contributed by atoms with Gasteiger partial charge in [-0.3, -0.25) is 0 Å². The van der Waals surface area contributed by atoms with Gasteiger partial charge in [-0.2, -0.15) is 0 Å². The Morgan fingerprint density at radius 1 is 1.00 bits per heavy atom. The number of rotatable bonds is 3. The Morgan fingerprint density at radius 2 is 1.75 bits per heavy atom. The molecule has 102 valence electrons. The molecule has 0 saturated heterocycles. The molecule has 3 heteroatoms. The van der Waals surface area contributed by atoms with Gasteiger partial charge < -0.3 is 4.57 Å². The van der Waals surface area contributed by atoms with Crippen molar-refractivity contribution >= 4 is 22.6 Å². The molecule has 3 rings (SSSR count). The quantitative estimate of drug-likeness (QED) is 0.650. The Bertz CT molecular complexity index is 759. The summed E-state index contributed by atoms with van der Waals surface area (Å²) >= 11 is 6.08. The van der Waals surface area contributed by atoms with Gasteiger partial charge in [0.05, 0.1) is 16.9 Å². The van der Waals surface area contributed by atoms with Crippen molar-refractivity contribution in [3.63, 3.8) is 0 Å². The van der Waals surface area contributed by atoms with E-state index in [-0.39, 0.29) is 0 Å². The van der Waals surface area contributed by atoms with Crippen LogP contribution >= 0.6 is 11.6 Å². The molecule has 2 aromatic carbocycles. The smallest absolute Gasteiger partial charge is 0.125 e. The number of nitrogens with zero attached hydrogens (tertiary/aromatic N) is 2. The Labute approximate surface area is 124 Å². The standard InChI is InChI=1S/C17H17ClN2/c1-12-6-3-4-8-14(12)11-20-15-9-5-7-13(2)17(15)19-16(20)10-18/h3-9H,10-11H2,1-2H3. The first kappa shape index (κ1) is 13.2. The van der Waals surface area contributed by atoms with Crippen molar-refractivity contribution in [1.29, 1.82) is 0 Å². The van der Waals surface area contributed by atoms with Gasteiger partial charge >= 0.3 is 0 Å². The third-order valence-electron chi connectivity index (χ3n) is 3.77. The van der Waals surface area contributed by atoms with Gasteiger partial charge in [0.25, 0.3) is 0 Å². The predicted octanol–water partition coefficient (Wildman–Crippen LogP) is 4.44. The maximum atomic E-state index is 6.08. The average molecular weight is 285 g/mol. The number of aromatic nitrogens is 2. The van der Waals surface area contributed by atoms with Crippen molar-refractivity contribution in [1.82, 2.24) is 9.55 Å². The maximum absolute atomic E-state index is 6.08. The summed E-state index contributed by atoms with van der Waals surface area (Å²) in [4.78, 5) is 4.69. The molecule has 0 aliphatic heterocycles. The molecule has 1 aromatic heterocycles. The molecular weight excluding hydrogens is 268 g/mol. The molecule has 0 amide bonds. The average Bonchev–Trinajstić information content (AvgIpc) is 2.81. The third kappa shape index (κ3) is 2.20. The number of halogens is 1. The molecule has 20 heavy (non-hydrogen) atoms. The highest BCUT2D eigenvalue weighted by atomic mass is 35.5. The van der Waals surface area contributed by atoms with Gasteiger partial charge in [0.15, 0.2) is 0 Å². The number of aryl methyl sites for hydroxylation is 2. The van der Waals surface area contributed by atoms with Crippen LogP contribution in [0.2, 0.25) is 0 Å². The fourth-order valence-corrected chi connectivity index (χ4v) is 2.78. The van der Waals surface area contributed by atoms with Crippen molar-refractivity contribution < 1.29 is 0 Å². The van der Waals surface area contributed by atoms with Gasteiger partial charge in [0, 0.05) is 6.54 Å². The van der Waals surface area contributed by atoms with Crippen LogP contribution in [0.25, 0.3) is 11.0 Å². The summed E-state index contributed by atoms with van der Waals surface area (Å²) in [5, 5.41) is 0. The van der Waals surface area contributed by atoms with Gasteiger partial charge in [-0.15, -0.1) is 11.6 Å². The molecule has 0 radical (unpaired) electrons. The normalized spacial score (nSPS) is 11.2. The third-order valence-corrected chi connectivity index (χ3v) is 4.01. The minimum absolute atomic E-state index is 0.431. The number of para-hydroxylation sites is 1. The van der Waals surface area contributed by atoms with E-state index >= 15 is 0 Å². The lowest BCUT2D eigenvalue weighted by Gasteiger charge is -2.10. The zero-order valence-electron chi connectivity index (χ0n) is 11.7. The molecule has 2 nitrogen and oxygen atoms in total. The van der Waals surface area contributed by atoms with Gasteiger partial charge in [-0.05, 0) is 36.6 Å². The Morgan fingerprint density at radius 3 is 2.50 bits per heavy atom. The molecule has 0 unspecified atom stereocenters. The second-order valence-corrected chi connectivity index (χ2v) is 5.38. The summed E-state index contributed by atoms with van der Waals surface area (Å²) in [5.41, 5.74) is 6.00. The van der Waals surface area contributed by atoms with Crippen LogP contribution in [0.15, 0.2) is 42.5 Å². The van der Waals surface area contributed by atoms with Crippen LogP contribution in [-0.4, -0.2) is 9.55 Å². The van der Waals surface area contributed by atoms with Crippen molar-refractivity contribution in [2.75, 3.05) is 0 Å². The number of fused-ring (bicyclic) bond motifs is 1. The Hall–Kier alpha value is -1.80. The second kappa shape index (κ2) is 5.29. The molecule has 0 atom stereocenters. The molecule has 0 fully saturated rings. The van der Waals surface area contributed by atoms with E-state index in [9.17, 15) is 0 Å². The van der Waals surface area contributed by atoms with Crippen LogP contribution in [-0.2, 0) is 12.4 Å². The highest BCUT2D eigenvalue weighted by Gasteiger charge is 2.12. The Balaban J connectivity index is 2.15. The molecule has 0 aliphatic rings. The molecule has 0 saturated carbocycles. The van der Waals surface area contributed by atoms with Gasteiger partial charge in [0.1, 0.15) is 5.82 Å². The van der Waals surface area contributed by atoms with E-state index in [0.29, 0.717) is 5.88 Å². The first-order valence-electron chi connectivity index (χ1n) is 6.76. The van der Waals surface area contributed by atoms with Crippen molar-refractivity contribution in [3.8, 4) is 0 Å². The highest BCUT2D eigenvalue weighted by Crippen LogP contribution is 2.22. The largest absolute Gasteiger partial charge is 0.322 e.